The molecule has 1 saturated heterocycles. The Morgan fingerprint density at radius 1 is 0.562 bits per heavy atom. The highest BCUT2D eigenvalue weighted by molar-refractivity contribution is 5.98. The van der Waals surface area contributed by atoms with Crippen LogP contribution in [-0.2, 0) is 57.5 Å². The van der Waals surface area contributed by atoms with E-state index in [4.69, 9.17) is 21.1 Å². The van der Waals surface area contributed by atoms with Crippen molar-refractivity contribution in [3.63, 3.8) is 0 Å². The monoisotopic (exact) mass is 914 g/mol. The van der Waals surface area contributed by atoms with E-state index in [1.54, 1.807) is 0 Å². The first kappa shape index (κ1) is 55.6. The highest BCUT2D eigenvalue weighted by Crippen LogP contribution is 2.19. The van der Waals surface area contributed by atoms with Crippen molar-refractivity contribution in [3.8, 4) is 0 Å². The quantitative estimate of drug-likeness (QED) is 0.0327. The maximum Gasteiger partial charge on any atom is 0.325 e. The minimum absolute atomic E-state index is 0.00297. The van der Waals surface area contributed by atoms with E-state index in [1.807, 2.05) is 0 Å². The summed E-state index contributed by atoms with van der Waals surface area (Å²) in [5, 5.41) is 56.3. The van der Waals surface area contributed by atoms with E-state index in [-0.39, 0.29) is 32.4 Å². The van der Waals surface area contributed by atoms with Gasteiger partial charge in [0.2, 0.25) is 53.2 Å². The van der Waals surface area contributed by atoms with Crippen LogP contribution in [0.3, 0.4) is 0 Å². The molecule has 0 aromatic carbocycles. The number of aliphatic hydroxyl groups excluding tert-OH is 1. The number of hydrogen-bond acceptors (Lipinski definition) is 14. The van der Waals surface area contributed by atoms with Gasteiger partial charge in [-0.05, 0) is 79.2 Å². The summed E-state index contributed by atoms with van der Waals surface area (Å²) >= 11 is 0. The molecule has 0 unspecified atom stereocenters. The Morgan fingerprint density at radius 2 is 0.984 bits per heavy atom. The number of hydrogen-bond donors (Lipinski definition) is 13. The highest BCUT2D eigenvalue weighted by atomic mass is 16.4. The molecule has 9 atom stereocenters. The number of nitrogens with zero attached hydrogens (tertiary/aromatic N) is 1. The van der Waals surface area contributed by atoms with Crippen molar-refractivity contribution in [2.24, 2.45) is 5.73 Å². The fraction of sp³-hybridized carbons (Fsp3) is 0.684. The summed E-state index contributed by atoms with van der Waals surface area (Å²) in [5.41, 5.74) is 5.60. The SMILES string of the molecule is CC(=O)N[C@@H](C)C(=O)N[C@@H](CCC(=O)O)C(=O)N[C@@H](C)C(=O)N[C@@H](CCCCN)C(=O)N[C@@H](CO)C(=O)N1CCC[C@H]1C(=O)N[C@@H](C)C(=O)N[C@@H](CCC(=O)O)C(=O)N[C@@H](C)C(=O)O. The summed E-state index contributed by atoms with van der Waals surface area (Å²) in [6, 6.07) is -12.3. The van der Waals surface area contributed by atoms with Crippen LogP contribution in [0, 0.1) is 0 Å². The fourth-order valence-corrected chi connectivity index (χ4v) is 6.19. The molecular formula is C38H62N10O16. The molecule has 0 aromatic heterocycles. The third kappa shape index (κ3) is 19.3. The van der Waals surface area contributed by atoms with E-state index < -0.39 is 151 Å². The molecule has 1 fully saturated rings. The number of carbonyl (C=O) groups is 12. The van der Waals surface area contributed by atoms with Crippen LogP contribution in [-0.4, -0.2) is 170 Å². The van der Waals surface area contributed by atoms with Crippen LogP contribution in [0.1, 0.15) is 92.4 Å². The lowest BCUT2D eigenvalue weighted by molar-refractivity contribution is -0.143. The number of carboxylic acid groups (broad SMARTS) is 3. The first-order chi connectivity index (χ1) is 29.9. The van der Waals surface area contributed by atoms with Crippen molar-refractivity contribution in [3.05, 3.63) is 0 Å². The first-order valence-electron chi connectivity index (χ1n) is 20.6. The Bertz CT molecular complexity index is 1730. The predicted octanol–water partition coefficient (Wildman–Crippen LogP) is -5.11. The second-order valence-corrected chi connectivity index (χ2v) is 15.2. The minimum Gasteiger partial charge on any atom is -0.481 e. The van der Waals surface area contributed by atoms with Crippen LogP contribution in [0.15, 0.2) is 0 Å². The average Bonchev–Trinajstić information content (AvgIpc) is 3.72. The molecule has 0 spiro atoms. The molecule has 64 heavy (non-hydrogen) atoms. The zero-order chi connectivity index (χ0) is 48.8. The van der Waals surface area contributed by atoms with Gasteiger partial charge in [0.1, 0.15) is 54.4 Å². The van der Waals surface area contributed by atoms with Gasteiger partial charge in [0, 0.05) is 26.3 Å². The lowest BCUT2D eigenvalue weighted by Crippen LogP contribution is -2.60. The van der Waals surface area contributed by atoms with Crippen molar-refractivity contribution >= 4 is 71.1 Å². The smallest absolute Gasteiger partial charge is 0.325 e. The molecule has 9 amide bonds. The van der Waals surface area contributed by atoms with Gasteiger partial charge in [-0.1, -0.05) is 0 Å². The summed E-state index contributed by atoms with van der Waals surface area (Å²) in [6.45, 7) is 5.42. The van der Waals surface area contributed by atoms with Gasteiger partial charge in [0.25, 0.3) is 0 Å². The normalized spacial score (nSPS) is 17.0. The van der Waals surface area contributed by atoms with Gasteiger partial charge in [0.05, 0.1) is 6.61 Å². The number of amides is 9. The number of aliphatic hydroxyl groups is 1. The Kier molecular flexibility index (Phi) is 24.0. The Balaban J connectivity index is 3.09. The minimum atomic E-state index is -1.63. The molecule has 0 radical (unpaired) electrons. The molecule has 360 valence electrons. The molecule has 1 rings (SSSR count). The maximum absolute atomic E-state index is 13.7. The zero-order valence-electron chi connectivity index (χ0n) is 36.4. The number of unbranched alkanes of at least 4 members (excludes halogenated alkanes) is 1. The van der Waals surface area contributed by atoms with E-state index in [0.717, 1.165) is 18.7 Å². The lowest BCUT2D eigenvalue weighted by Gasteiger charge is -2.30. The number of carbonyl (C=O) groups excluding carboxylic acids is 9. The van der Waals surface area contributed by atoms with Crippen molar-refractivity contribution < 1.29 is 78.0 Å². The third-order valence-corrected chi connectivity index (χ3v) is 9.82. The van der Waals surface area contributed by atoms with E-state index in [2.05, 4.69) is 42.5 Å². The molecule has 0 saturated carbocycles. The third-order valence-electron chi connectivity index (χ3n) is 9.82. The molecule has 1 aliphatic rings. The van der Waals surface area contributed by atoms with E-state index >= 15 is 0 Å². The molecular weight excluding hydrogens is 852 g/mol. The fourth-order valence-electron chi connectivity index (χ4n) is 6.19. The number of carboxylic acids is 3. The summed E-state index contributed by atoms with van der Waals surface area (Å²) < 4.78 is 0. The van der Waals surface area contributed by atoms with Gasteiger partial charge >= 0.3 is 17.9 Å². The number of rotatable bonds is 28. The summed E-state index contributed by atoms with van der Waals surface area (Å²) in [7, 11) is 0. The second kappa shape index (κ2) is 27.6. The molecule has 1 aliphatic heterocycles. The van der Waals surface area contributed by atoms with E-state index in [9.17, 15) is 62.6 Å². The molecule has 14 N–H and O–H groups in total. The number of aliphatic carboxylic acids is 3. The van der Waals surface area contributed by atoms with E-state index in [1.165, 1.54) is 20.8 Å². The Labute approximate surface area is 368 Å². The summed E-state index contributed by atoms with van der Waals surface area (Å²) in [4.78, 5) is 151. The van der Waals surface area contributed by atoms with Crippen molar-refractivity contribution in [2.45, 2.75) is 147 Å². The van der Waals surface area contributed by atoms with Crippen LogP contribution >= 0.6 is 0 Å². The second-order valence-electron chi connectivity index (χ2n) is 15.2. The molecule has 0 bridgehead atoms. The van der Waals surface area contributed by atoms with Crippen LogP contribution in [0.5, 0.6) is 0 Å². The largest absolute Gasteiger partial charge is 0.481 e. The van der Waals surface area contributed by atoms with Crippen LogP contribution in [0.2, 0.25) is 0 Å². The van der Waals surface area contributed by atoms with Crippen LogP contribution < -0.4 is 48.3 Å². The Hall–Kier alpha value is -6.44. The highest BCUT2D eigenvalue weighted by Gasteiger charge is 2.39. The van der Waals surface area contributed by atoms with Crippen LogP contribution in [0.25, 0.3) is 0 Å². The topological polar surface area (TPSA) is 411 Å². The maximum atomic E-state index is 13.7. The van der Waals surface area contributed by atoms with Gasteiger partial charge in [0.15, 0.2) is 0 Å². The van der Waals surface area contributed by atoms with E-state index in [0.29, 0.717) is 19.3 Å². The zero-order valence-corrected chi connectivity index (χ0v) is 36.4. The molecule has 0 aliphatic carbocycles. The van der Waals surface area contributed by atoms with Gasteiger partial charge in [-0.2, -0.15) is 0 Å². The number of nitrogens with one attached hydrogen (secondary N) is 8. The average molecular weight is 915 g/mol. The molecule has 1 heterocycles. The number of likely N-dealkylation sites (tertiary alicyclic amines) is 1. The lowest BCUT2D eigenvalue weighted by atomic mass is 10.1. The van der Waals surface area contributed by atoms with Gasteiger partial charge in [-0.25, -0.2) is 0 Å². The van der Waals surface area contributed by atoms with Gasteiger partial charge in [-0.3, -0.25) is 57.5 Å². The van der Waals surface area contributed by atoms with Crippen molar-refractivity contribution in [2.75, 3.05) is 19.7 Å². The summed E-state index contributed by atoms with van der Waals surface area (Å²) in [5.74, 6) is -11.7. The molecule has 26 nitrogen and oxygen atoms in total. The molecule has 0 aromatic rings. The Morgan fingerprint density at radius 3 is 1.42 bits per heavy atom. The summed E-state index contributed by atoms with van der Waals surface area (Å²) in [6.07, 6.45) is -0.804. The van der Waals surface area contributed by atoms with Crippen molar-refractivity contribution in [1.29, 1.82) is 0 Å². The number of nitrogens with two attached hydrogens (primary N) is 1. The van der Waals surface area contributed by atoms with Crippen molar-refractivity contribution in [1.82, 2.24) is 47.4 Å². The molecule has 26 heteroatoms. The predicted molar refractivity (Wildman–Crippen MR) is 220 cm³/mol. The first-order valence-corrected chi connectivity index (χ1v) is 20.6. The standard InChI is InChI=1S/C38H62N10O16/c1-18(40-22(5)50)30(55)45-24(11-13-28(51)52)33(58)41-19(2)31(56)44-23(9-6-7-15-39)35(60)47-26(17-49)37(62)48-16-8-10-27(48)36(61)42-20(3)32(57)46-25(12-14-29(53)54)34(59)43-21(4)38(63)64/h18-21,23-27,49H,6-17,39H2,1-5H3,(H,40,50)(H,41,58)(H,42,61)(H,43,59)(H,44,56)(H,45,55)(H,46,57)(H,47,60)(H,51,52)(H,53,54)(H,63,64)/t18-,19-,20-,21-,23-,24-,25-,26-,27-/m0/s1. The van der Waals surface area contributed by atoms with Crippen LogP contribution in [0.4, 0.5) is 0 Å². The van der Waals surface area contributed by atoms with Gasteiger partial charge < -0.3 is 73.6 Å². The van der Waals surface area contributed by atoms with Gasteiger partial charge in [-0.15, -0.1) is 0 Å².